The second kappa shape index (κ2) is 4.66. The molecule has 0 unspecified atom stereocenters. The average Bonchev–Trinajstić information content (AvgIpc) is 2.83. The van der Waals surface area contributed by atoms with Gasteiger partial charge in [-0.2, -0.15) is 0 Å². The van der Waals surface area contributed by atoms with Gasteiger partial charge in [0.2, 0.25) is 0 Å². The Labute approximate surface area is 94.1 Å². The molecule has 0 aliphatic heterocycles. The molecule has 0 atom stereocenters. The van der Waals surface area contributed by atoms with Crippen LogP contribution >= 0.6 is 0 Å². The van der Waals surface area contributed by atoms with Gasteiger partial charge in [0.25, 0.3) is 5.91 Å². The minimum atomic E-state index is -0.224. The van der Waals surface area contributed by atoms with E-state index in [0.29, 0.717) is 5.76 Å². The van der Waals surface area contributed by atoms with Crippen molar-refractivity contribution < 1.29 is 9.21 Å². The summed E-state index contributed by atoms with van der Waals surface area (Å²) >= 11 is 0. The van der Waals surface area contributed by atoms with Gasteiger partial charge in [0.15, 0.2) is 5.76 Å². The number of furan rings is 1. The molecule has 0 radical (unpaired) electrons. The van der Waals surface area contributed by atoms with Crippen LogP contribution in [0.3, 0.4) is 0 Å². The zero-order chi connectivity index (χ0) is 11.4. The molecule has 1 amide bonds. The lowest BCUT2D eigenvalue weighted by Gasteiger charge is -2.04. The van der Waals surface area contributed by atoms with Crippen molar-refractivity contribution in [2.24, 2.45) is 0 Å². The Balaban J connectivity index is 2.12. The monoisotopic (exact) mass is 215 g/mol. The number of hydrogen-bond donors (Lipinski definition) is 1. The van der Waals surface area contributed by atoms with Gasteiger partial charge in [0, 0.05) is 5.69 Å². The van der Waals surface area contributed by atoms with Gasteiger partial charge >= 0.3 is 0 Å². The van der Waals surface area contributed by atoms with Crippen molar-refractivity contribution >= 4 is 11.6 Å². The van der Waals surface area contributed by atoms with E-state index in [9.17, 15) is 4.79 Å². The first-order valence-corrected chi connectivity index (χ1v) is 5.23. The van der Waals surface area contributed by atoms with E-state index >= 15 is 0 Å². The predicted molar refractivity (Wildman–Crippen MR) is 62.5 cm³/mol. The molecule has 0 saturated carbocycles. The highest BCUT2D eigenvalue weighted by Gasteiger charge is 2.08. The third-order valence-corrected chi connectivity index (χ3v) is 2.34. The molecule has 0 aliphatic rings. The van der Waals surface area contributed by atoms with Crippen molar-refractivity contribution in [2.45, 2.75) is 13.3 Å². The first-order valence-electron chi connectivity index (χ1n) is 5.23. The standard InChI is InChI=1S/C13H13NO2/c1-2-10-5-3-6-11(9-10)14-13(15)12-7-4-8-16-12/h3-9H,2H2,1H3,(H,14,15). The fraction of sp³-hybridized carbons (Fsp3) is 0.154. The number of carbonyl (C=O) groups excluding carboxylic acids is 1. The lowest BCUT2D eigenvalue weighted by Crippen LogP contribution is -2.10. The van der Waals surface area contributed by atoms with Crippen LogP contribution in [0.25, 0.3) is 0 Å². The van der Waals surface area contributed by atoms with Crippen molar-refractivity contribution in [3.63, 3.8) is 0 Å². The lowest BCUT2D eigenvalue weighted by molar-refractivity contribution is 0.0996. The number of amides is 1. The molecular weight excluding hydrogens is 202 g/mol. The smallest absolute Gasteiger partial charge is 0.291 e. The molecule has 0 fully saturated rings. The molecule has 0 bridgehead atoms. The molecule has 0 spiro atoms. The topological polar surface area (TPSA) is 42.2 Å². The normalized spacial score (nSPS) is 10.1. The molecule has 1 heterocycles. The van der Waals surface area contributed by atoms with E-state index in [0.717, 1.165) is 12.1 Å². The van der Waals surface area contributed by atoms with E-state index in [-0.39, 0.29) is 5.91 Å². The van der Waals surface area contributed by atoms with Crippen LogP contribution in [0.1, 0.15) is 23.0 Å². The van der Waals surface area contributed by atoms with Crippen molar-refractivity contribution in [3.05, 3.63) is 54.0 Å². The maximum atomic E-state index is 11.7. The largest absolute Gasteiger partial charge is 0.459 e. The van der Waals surface area contributed by atoms with Crippen LogP contribution in [0.4, 0.5) is 5.69 Å². The summed E-state index contributed by atoms with van der Waals surface area (Å²) in [6.07, 6.45) is 2.43. The summed E-state index contributed by atoms with van der Waals surface area (Å²) < 4.78 is 5.01. The molecule has 0 aliphatic carbocycles. The predicted octanol–water partition coefficient (Wildman–Crippen LogP) is 3.09. The Kier molecular flexibility index (Phi) is 3.05. The first kappa shape index (κ1) is 10.5. The minimum absolute atomic E-state index is 0.224. The maximum Gasteiger partial charge on any atom is 0.291 e. The summed E-state index contributed by atoms with van der Waals surface area (Å²) in [5.41, 5.74) is 1.98. The van der Waals surface area contributed by atoms with Gasteiger partial charge in [-0.3, -0.25) is 4.79 Å². The van der Waals surface area contributed by atoms with Crippen LogP contribution < -0.4 is 5.32 Å². The number of aryl methyl sites for hydroxylation is 1. The highest BCUT2D eigenvalue weighted by Crippen LogP contribution is 2.12. The van der Waals surface area contributed by atoms with Gasteiger partial charge < -0.3 is 9.73 Å². The Morgan fingerprint density at radius 1 is 1.31 bits per heavy atom. The average molecular weight is 215 g/mol. The van der Waals surface area contributed by atoms with Crippen molar-refractivity contribution in [1.29, 1.82) is 0 Å². The molecule has 1 aromatic carbocycles. The first-order chi connectivity index (χ1) is 7.79. The van der Waals surface area contributed by atoms with Crippen molar-refractivity contribution in [3.8, 4) is 0 Å². The van der Waals surface area contributed by atoms with Crippen LogP contribution in [-0.2, 0) is 6.42 Å². The molecule has 0 saturated heterocycles. The minimum Gasteiger partial charge on any atom is -0.459 e. The van der Waals surface area contributed by atoms with Crippen LogP contribution in [0.2, 0.25) is 0 Å². The van der Waals surface area contributed by atoms with E-state index in [2.05, 4.69) is 12.2 Å². The Morgan fingerprint density at radius 2 is 2.19 bits per heavy atom. The van der Waals surface area contributed by atoms with Gasteiger partial charge in [0.1, 0.15) is 0 Å². The summed E-state index contributed by atoms with van der Waals surface area (Å²) in [5, 5.41) is 2.79. The van der Waals surface area contributed by atoms with Crippen molar-refractivity contribution in [2.75, 3.05) is 5.32 Å². The van der Waals surface area contributed by atoms with Crippen LogP contribution in [0, 0.1) is 0 Å². The van der Waals surface area contributed by atoms with Crippen LogP contribution in [0.15, 0.2) is 47.1 Å². The SMILES string of the molecule is CCc1cccc(NC(=O)c2ccco2)c1. The molecule has 2 rings (SSSR count). The number of anilines is 1. The van der Waals surface area contributed by atoms with Crippen molar-refractivity contribution in [1.82, 2.24) is 0 Å². The van der Waals surface area contributed by atoms with E-state index in [1.54, 1.807) is 12.1 Å². The van der Waals surface area contributed by atoms with E-state index in [1.807, 2.05) is 24.3 Å². The van der Waals surface area contributed by atoms with Gasteiger partial charge in [0.05, 0.1) is 6.26 Å². The third-order valence-electron chi connectivity index (χ3n) is 2.34. The maximum absolute atomic E-state index is 11.7. The number of hydrogen-bond acceptors (Lipinski definition) is 2. The van der Waals surface area contributed by atoms with E-state index < -0.39 is 0 Å². The number of nitrogens with one attached hydrogen (secondary N) is 1. The van der Waals surface area contributed by atoms with Gasteiger partial charge in [-0.1, -0.05) is 19.1 Å². The zero-order valence-electron chi connectivity index (χ0n) is 9.07. The van der Waals surface area contributed by atoms with Crippen LogP contribution in [0.5, 0.6) is 0 Å². The van der Waals surface area contributed by atoms with E-state index in [4.69, 9.17) is 4.42 Å². The Hall–Kier alpha value is -2.03. The molecule has 3 heteroatoms. The summed E-state index contributed by atoms with van der Waals surface area (Å²) in [4.78, 5) is 11.7. The third kappa shape index (κ3) is 2.31. The quantitative estimate of drug-likeness (QED) is 0.854. The molecule has 1 aromatic heterocycles. The fourth-order valence-electron chi connectivity index (χ4n) is 1.47. The highest BCUT2D eigenvalue weighted by molar-refractivity contribution is 6.02. The molecule has 82 valence electrons. The van der Waals surface area contributed by atoms with Gasteiger partial charge in [-0.15, -0.1) is 0 Å². The van der Waals surface area contributed by atoms with Gasteiger partial charge in [-0.25, -0.2) is 0 Å². The molecule has 16 heavy (non-hydrogen) atoms. The zero-order valence-corrected chi connectivity index (χ0v) is 9.07. The second-order valence-corrected chi connectivity index (χ2v) is 3.49. The fourth-order valence-corrected chi connectivity index (χ4v) is 1.47. The Bertz CT molecular complexity index is 474. The lowest BCUT2D eigenvalue weighted by atomic mass is 10.1. The second-order valence-electron chi connectivity index (χ2n) is 3.49. The van der Waals surface area contributed by atoms with Gasteiger partial charge in [-0.05, 0) is 36.2 Å². The Morgan fingerprint density at radius 3 is 2.88 bits per heavy atom. The van der Waals surface area contributed by atoms with Crippen LogP contribution in [-0.4, -0.2) is 5.91 Å². The van der Waals surface area contributed by atoms with E-state index in [1.165, 1.54) is 11.8 Å². The molecule has 3 nitrogen and oxygen atoms in total. The number of carbonyl (C=O) groups is 1. The summed E-state index contributed by atoms with van der Waals surface area (Å²) in [7, 11) is 0. The molecule has 2 aromatic rings. The summed E-state index contributed by atoms with van der Waals surface area (Å²) in [5.74, 6) is 0.0974. The number of rotatable bonds is 3. The molecule has 1 N–H and O–H groups in total. The molecular formula is C13H13NO2. The summed E-state index contributed by atoms with van der Waals surface area (Å²) in [6, 6.07) is 11.1. The summed E-state index contributed by atoms with van der Waals surface area (Å²) in [6.45, 7) is 2.08. The number of benzene rings is 1. The highest BCUT2D eigenvalue weighted by atomic mass is 16.3.